The zero-order valence-electron chi connectivity index (χ0n) is 50.5. The molecule has 10 heteroatoms. The third kappa shape index (κ3) is 22.0. The number of aliphatic hydroxyl groups is 2. The molecule has 0 heterocycles. The summed E-state index contributed by atoms with van der Waals surface area (Å²) < 4.78 is 294. The molecule has 0 aromatic carbocycles. The second-order valence-electron chi connectivity index (χ2n) is 5.26. The fourth-order valence-corrected chi connectivity index (χ4v) is 2.18. The molecule has 9 nitrogen and oxygen atoms in total. The highest BCUT2D eigenvalue weighted by atomic mass is 31.2. The first-order valence-electron chi connectivity index (χ1n) is 25.6. The number of aliphatic hydroxyl groups excluding tert-OH is 2. The lowest BCUT2D eigenvalue weighted by Gasteiger charge is -2.20. The second-order valence-corrected chi connectivity index (χ2v) is 6.71. The molecule has 204 valence electrons. The standard InChI is InChI=1S/C24H49O9P/c1-3-5-7-8-9-10-11-12-13-14-15-16-24(27)33-23(20-30-17-6-4-2)21-32-34(28,29)31-19-22(26)18-25/h22-23,25-26H,3-21H2,1-2H3,(H,28,29)/t22?,23-/m1/s1/i1D3,2D2,3D2,4D2,5D2,6D2,7D2,8D2,9D2,10D2,11D2,12D2,13D2,14D2,15D2,16D2. The van der Waals surface area contributed by atoms with Crippen molar-refractivity contribution >= 4 is 13.8 Å². The molecule has 0 aliphatic carbocycles. The fraction of sp³-hybridized carbons (Fsp3) is 0.958. The molecule has 0 saturated heterocycles. The predicted octanol–water partition coefficient (Wildman–Crippen LogP) is 4.90. The molecule has 0 amide bonds. The average Bonchev–Trinajstić information content (AvgIpc) is 3.14. The Morgan fingerprint density at radius 2 is 1.53 bits per heavy atom. The Bertz CT molecular complexity index is 1750. The summed E-state index contributed by atoms with van der Waals surface area (Å²) in [5.41, 5.74) is 0. The molecular weight excluding hydrogens is 463 g/mol. The number of phosphoric ester groups is 1. The van der Waals surface area contributed by atoms with E-state index in [1.807, 2.05) is 0 Å². The Balaban J connectivity index is 7.37. The summed E-state index contributed by atoms with van der Waals surface area (Å²) in [5, 5.41) is 18.3. The number of rotatable bonds is 25. The van der Waals surface area contributed by atoms with Gasteiger partial charge >= 0.3 is 13.8 Å². The maximum Gasteiger partial charge on any atom is 0.472 e. The molecule has 0 radical (unpaired) electrons. The van der Waals surface area contributed by atoms with Crippen molar-refractivity contribution < 1.29 is 88.2 Å². The number of carbonyl (C=O) groups excluding carboxylic acids is 1. The van der Waals surface area contributed by atoms with Crippen molar-refractivity contribution in [1.82, 2.24) is 0 Å². The minimum atomic E-state index is -5.40. The van der Waals surface area contributed by atoms with Gasteiger partial charge in [0.2, 0.25) is 0 Å². The van der Waals surface area contributed by atoms with Crippen molar-refractivity contribution in [3.05, 3.63) is 0 Å². The summed E-state index contributed by atoms with van der Waals surface area (Å²) in [4.78, 5) is 23.3. The molecule has 3 atom stereocenters. The van der Waals surface area contributed by atoms with Crippen LogP contribution in [0.4, 0.5) is 0 Å². The fourth-order valence-electron chi connectivity index (χ4n) is 1.39. The molecule has 34 heavy (non-hydrogen) atoms. The first-order valence-corrected chi connectivity index (χ1v) is 10.4. The Morgan fingerprint density at radius 3 is 2.15 bits per heavy atom. The quantitative estimate of drug-likeness (QED) is 0.108. The van der Waals surface area contributed by atoms with Crippen molar-refractivity contribution in [2.24, 2.45) is 0 Å². The van der Waals surface area contributed by atoms with Gasteiger partial charge in [-0.1, -0.05) is 83.8 Å². The van der Waals surface area contributed by atoms with E-state index in [9.17, 15) is 19.4 Å². The smallest absolute Gasteiger partial charge is 0.457 e. The molecule has 0 aliphatic heterocycles. The number of phosphoric acid groups is 1. The molecule has 2 unspecified atom stereocenters. The van der Waals surface area contributed by atoms with Crippen molar-refractivity contribution in [3.8, 4) is 0 Å². The van der Waals surface area contributed by atoms with Crippen LogP contribution in [-0.2, 0) is 27.9 Å². The molecule has 0 saturated carbocycles. The van der Waals surface area contributed by atoms with Gasteiger partial charge in [-0.3, -0.25) is 13.8 Å². The Kier molecular flexibility index (Phi) is 5.54. The second kappa shape index (κ2) is 22.9. The molecule has 0 aromatic rings. The van der Waals surface area contributed by atoms with Gasteiger partial charge in [0.15, 0.2) is 0 Å². The highest BCUT2D eigenvalue weighted by Crippen LogP contribution is 2.43. The lowest BCUT2D eigenvalue weighted by atomic mass is 10.1. The van der Waals surface area contributed by atoms with Crippen LogP contribution in [0, 0.1) is 0 Å². The van der Waals surface area contributed by atoms with Crippen LogP contribution in [-0.4, -0.2) is 66.3 Å². The van der Waals surface area contributed by atoms with Crippen molar-refractivity contribution in [2.75, 3.05) is 33.0 Å². The van der Waals surface area contributed by atoms with Gasteiger partial charge in [0.1, 0.15) is 12.2 Å². The van der Waals surface area contributed by atoms with E-state index in [0.717, 1.165) is 0 Å². The lowest BCUT2D eigenvalue weighted by molar-refractivity contribution is -0.154. The molecule has 0 spiro atoms. The molecule has 0 aromatic heterocycles. The number of esters is 1. The highest BCUT2D eigenvalue weighted by molar-refractivity contribution is 7.47. The normalized spacial score (nSPS) is 35.8. The van der Waals surface area contributed by atoms with Gasteiger partial charge in [0.25, 0.3) is 0 Å². The maximum atomic E-state index is 13.3. The number of hydrogen-bond acceptors (Lipinski definition) is 8. The number of carbonyl (C=O) groups is 1. The highest BCUT2D eigenvalue weighted by Gasteiger charge is 2.26. The van der Waals surface area contributed by atoms with Crippen LogP contribution in [0.5, 0.6) is 0 Å². The minimum Gasteiger partial charge on any atom is -0.457 e. The Hall–Kier alpha value is -0.540. The Labute approximate surface area is 252 Å². The molecule has 0 rings (SSSR count). The van der Waals surface area contributed by atoms with E-state index >= 15 is 0 Å². The first kappa shape index (κ1) is 8.23. The molecule has 0 aliphatic rings. The van der Waals surface area contributed by atoms with Gasteiger partial charge in [-0.25, -0.2) is 4.57 Å². The van der Waals surface area contributed by atoms with Crippen molar-refractivity contribution in [2.45, 2.75) is 115 Å². The summed E-state index contributed by atoms with van der Waals surface area (Å²) in [6, 6.07) is 0. The largest absolute Gasteiger partial charge is 0.472 e. The topological polar surface area (TPSA) is 132 Å². The number of hydrogen-bond donors (Lipinski definition) is 3. The zero-order valence-corrected chi connectivity index (χ0v) is 18.4. The van der Waals surface area contributed by atoms with E-state index in [1.54, 1.807) is 0 Å². The molecule has 0 bridgehead atoms. The van der Waals surface area contributed by atoms with E-state index in [-0.39, 0.29) is 0 Å². The van der Waals surface area contributed by atoms with Crippen LogP contribution in [0.15, 0.2) is 0 Å². The van der Waals surface area contributed by atoms with Gasteiger partial charge < -0.3 is 24.6 Å². The van der Waals surface area contributed by atoms with Crippen molar-refractivity contribution in [1.29, 1.82) is 0 Å². The van der Waals surface area contributed by atoms with Crippen LogP contribution in [0.25, 0.3) is 0 Å². The van der Waals surface area contributed by atoms with Crippen LogP contribution >= 0.6 is 7.82 Å². The lowest BCUT2D eigenvalue weighted by Crippen LogP contribution is -2.29. The molecule has 0 fully saturated rings. The molecule has 3 N–H and O–H groups in total. The third-order valence-corrected chi connectivity index (χ3v) is 3.66. The van der Waals surface area contributed by atoms with Crippen LogP contribution in [0.3, 0.4) is 0 Å². The van der Waals surface area contributed by atoms with E-state index in [1.165, 1.54) is 0 Å². The van der Waals surface area contributed by atoms with E-state index in [2.05, 4.69) is 13.8 Å². The summed E-state index contributed by atoms with van der Waals surface area (Å²) in [6.45, 7) is -13.2. The van der Waals surface area contributed by atoms with Crippen LogP contribution in [0.1, 0.15) is 148 Å². The van der Waals surface area contributed by atoms with Gasteiger partial charge in [-0.2, -0.15) is 0 Å². The Morgan fingerprint density at radius 1 is 0.912 bits per heavy atom. The number of ether oxygens (including phenoxy) is 2. The first-order chi connectivity index (χ1) is 28.9. The molecular formula is C24H49O9P. The summed E-state index contributed by atoms with van der Waals surface area (Å²) in [7, 11) is -5.40. The monoisotopic (exact) mass is 546 g/mol. The van der Waals surface area contributed by atoms with Crippen LogP contribution in [0.2, 0.25) is 0 Å². The summed E-state index contributed by atoms with van der Waals surface area (Å²) in [6.07, 6.45) is -70.5. The van der Waals surface area contributed by atoms with E-state index in [0.29, 0.717) is 0 Å². The van der Waals surface area contributed by atoms with Gasteiger partial charge in [0.05, 0.1) is 26.4 Å². The van der Waals surface area contributed by atoms with E-state index in [4.69, 9.17) is 55.1 Å². The third-order valence-electron chi connectivity index (χ3n) is 2.71. The average molecular weight is 546 g/mol. The van der Waals surface area contributed by atoms with Crippen molar-refractivity contribution in [3.63, 3.8) is 0 Å². The van der Waals surface area contributed by atoms with Gasteiger partial charge in [0, 0.05) is 58.2 Å². The van der Waals surface area contributed by atoms with Gasteiger partial charge in [-0.05, 0) is 12.7 Å². The predicted molar refractivity (Wildman–Crippen MR) is 132 cm³/mol. The maximum absolute atomic E-state index is 13.3. The zero-order chi connectivity index (χ0) is 54.7. The van der Waals surface area contributed by atoms with Gasteiger partial charge in [-0.15, -0.1) is 0 Å². The van der Waals surface area contributed by atoms with E-state index < -0.39 is 162 Å². The SMILES string of the molecule is [2H]C([2H])C([2H])([2H])C([2H])([2H])COC[C@H](COP(=O)(O)OCC(O)CO)OC(=O)C([2H])([2H])C([2H])([2H])C([2H])([2H])C([2H])([2H])C([2H])([2H])C([2H])([2H])C([2H])([2H])C([2H])([2H])C([2H])([2H])C([2H])([2H])C([2H])([2H])C([2H])([2H])C([2H])([2H])[2H]. The minimum absolute atomic E-state index is 1.02. The van der Waals surface area contributed by atoms with Crippen LogP contribution < -0.4 is 0 Å². The summed E-state index contributed by atoms with van der Waals surface area (Å²) >= 11 is 0. The summed E-state index contributed by atoms with van der Waals surface area (Å²) in [5.74, 6) is -2.70.